The largest absolute Gasteiger partial charge is 0.0776 e. The van der Waals surface area contributed by atoms with Crippen molar-refractivity contribution in [3.8, 4) is 11.1 Å². The molecule has 0 heteroatoms. The summed E-state index contributed by atoms with van der Waals surface area (Å²) in [5, 5.41) is 2.61. The van der Waals surface area contributed by atoms with Gasteiger partial charge in [0, 0.05) is 0 Å². The molecule has 3 aromatic carbocycles. The Balaban J connectivity index is 0.00000120. The van der Waals surface area contributed by atoms with E-state index in [2.05, 4.69) is 67.6 Å². The highest BCUT2D eigenvalue weighted by atomic mass is 14.0. The summed E-state index contributed by atoms with van der Waals surface area (Å²) in [7, 11) is 0. The van der Waals surface area contributed by atoms with Crippen LogP contribution in [0.2, 0.25) is 0 Å². The van der Waals surface area contributed by atoms with E-state index in [-0.39, 0.29) is 7.43 Å². The van der Waals surface area contributed by atoms with Gasteiger partial charge in [-0.1, -0.05) is 73.7 Å². The maximum absolute atomic E-state index is 2.25. The Morgan fingerprint density at radius 2 is 1.28 bits per heavy atom. The number of fused-ring (bicyclic) bond motifs is 1. The molecule has 3 aromatic rings. The molecule has 0 aliphatic rings. The summed E-state index contributed by atoms with van der Waals surface area (Å²) < 4.78 is 0. The first-order valence-electron chi connectivity index (χ1n) is 5.89. The van der Waals surface area contributed by atoms with Crippen LogP contribution in [-0.2, 0) is 0 Å². The fraction of sp³-hybridized carbons (Fsp3) is 0.111. The number of benzene rings is 3. The highest BCUT2D eigenvalue weighted by Crippen LogP contribution is 2.24. The Hall–Kier alpha value is -2.08. The average molecular weight is 234 g/mol. The van der Waals surface area contributed by atoms with Crippen LogP contribution in [0.5, 0.6) is 0 Å². The molecule has 0 saturated heterocycles. The van der Waals surface area contributed by atoms with Crippen LogP contribution in [0.4, 0.5) is 0 Å². The predicted molar refractivity (Wildman–Crippen MR) is 80.9 cm³/mol. The molecule has 0 radical (unpaired) electrons. The van der Waals surface area contributed by atoms with E-state index >= 15 is 0 Å². The third kappa shape index (κ3) is 2.28. The van der Waals surface area contributed by atoms with Gasteiger partial charge in [-0.15, -0.1) is 0 Å². The molecule has 3 rings (SSSR count). The van der Waals surface area contributed by atoms with Gasteiger partial charge < -0.3 is 0 Å². The lowest BCUT2D eigenvalue weighted by Crippen LogP contribution is -1.79. The third-order valence-electron chi connectivity index (χ3n) is 3.10. The van der Waals surface area contributed by atoms with E-state index < -0.39 is 0 Å². The smallest absolute Gasteiger partial charge is 0.0178 e. The minimum atomic E-state index is 0. The van der Waals surface area contributed by atoms with Gasteiger partial charge in [0.15, 0.2) is 0 Å². The van der Waals surface area contributed by atoms with Crippen LogP contribution >= 0.6 is 0 Å². The Labute approximate surface area is 109 Å². The van der Waals surface area contributed by atoms with Crippen LogP contribution in [-0.4, -0.2) is 0 Å². The zero-order valence-electron chi connectivity index (χ0n) is 9.85. The normalized spacial score (nSPS) is 10.1. The second kappa shape index (κ2) is 5.05. The van der Waals surface area contributed by atoms with E-state index in [0.29, 0.717) is 0 Å². The molecule has 0 bridgehead atoms. The molecule has 18 heavy (non-hydrogen) atoms. The summed E-state index contributed by atoms with van der Waals surface area (Å²) in [6, 6.07) is 23.7. The van der Waals surface area contributed by atoms with E-state index in [4.69, 9.17) is 0 Å². The van der Waals surface area contributed by atoms with Crippen molar-refractivity contribution in [1.82, 2.24) is 0 Å². The number of aryl methyl sites for hydroxylation is 1. The average Bonchev–Trinajstić information content (AvgIpc) is 2.39. The molecule has 0 fully saturated rings. The van der Waals surface area contributed by atoms with Gasteiger partial charge in [0.1, 0.15) is 0 Å². The quantitative estimate of drug-likeness (QED) is 0.525. The van der Waals surface area contributed by atoms with Gasteiger partial charge in [-0.05, 0) is 34.9 Å². The van der Waals surface area contributed by atoms with Gasteiger partial charge >= 0.3 is 0 Å². The molecule has 0 unspecified atom stereocenters. The Kier molecular flexibility index (Phi) is 3.47. The summed E-state index contributed by atoms with van der Waals surface area (Å²) in [4.78, 5) is 0. The van der Waals surface area contributed by atoms with Gasteiger partial charge in [-0.3, -0.25) is 0 Å². The van der Waals surface area contributed by atoms with Crippen LogP contribution in [0.15, 0.2) is 66.7 Å². The molecule has 0 aromatic heterocycles. The standard InChI is InChI=1S/C17H14.CH4/c1-13-7-8-17-12-16(10-9-15(17)11-13)14-5-3-2-4-6-14;/h2-12H,1H3;1H4. The van der Waals surface area contributed by atoms with E-state index in [1.807, 2.05) is 6.07 Å². The monoisotopic (exact) mass is 234 g/mol. The lowest BCUT2D eigenvalue weighted by Gasteiger charge is -2.04. The second-order valence-electron chi connectivity index (χ2n) is 4.43. The molecule has 0 nitrogen and oxygen atoms in total. The van der Waals surface area contributed by atoms with Crippen molar-refractivity contribution in [3.05, 3.63) is 72.3 Å². The molecule has 0 heterocycles. The van der Waals surface area contributed by atoms with Crippen molar-refractivity contribution in [2.45, 2.75) is 14.4 Å². The predicted octanol–water partition coefficient (Wildman–Crippen LogP) is 5.45. The molecule has 0 atom stereocenters. The van der Waals surface area contributed by atoms with Crippen molar-refractivity contribution < 1.29 is 0 Å². The highest BCUT2D eigenvalue weighted by molar-refractivity contribution is 5.87. The van der Waals surface area contributed by atoms with Crippen LogP contribution in [0, 0.1) is 6.92 Å². The van der Waals surface area contributed by atoms with Crippen molar-refractivity contribution in [2.24, 2.45) is 0 Å². The molecule has 0 saturated carbocycles. The van der Waals surface area contributed by atoms with Gasteiger partial charge in [-0.25, -0.2) is 0 Å². The summed E-state index contributed by atoms with van der Waals surface area (Å²) in [6.45, 7) is 2.13. The highest BCUT2D eigenvalue weighted by Gasteiger charge is 1.99. The molecule has 90 valence electrons. The Bertz CT molecular complexity index is 651. The molecular formula is C18H18. The third-order valence-corrected chi connectivity index (χ3v) is 3.10. The first-order chi connectivity index (χ1) is 8.33. The van der Waals surface area contributed by atoms with Crippen LogP contribution in [0.25, 0.3) is 21.9 Å². The maximum atomic E-state index is 2.25. The fourth-order valence-corrected chi connectivity index (χ4v) is 2.18. The molecule has 0 aliphatic heterocycles. The van der Waals surface area contributed by atoms with Crippen LogP contribution in [0.3, 0.4) is 0 Å². The van der Waals surface area contributed by atoms with Crippen molar-refractivity contribution in [1.29, 1.82) is 0 Å². The lowest BCUT2D eigenvalue weighted by molar-refractivity contribution is 1.50. The van der Waals surface area contributed by atoms with E-state index in [1.54, 1.807) is 0 Å². The minimum absolute atomic E-state index is 0. The topological polar surface area (TPSA) is 0 Å². The minimum Gasteiger partial charge on any atom is -0.0776 e. The number of hydrogen-bond donors (Lipinski definition) is 0. The zero-order chi connectivity index (χ0) is 11.7. The molecule has 0 aliphatic carbocycles. The van der Waals surface area contributed by atoms with Crippen LogP contribution < -0.4 is 0 Å². The second-order valence-corrected chi connectivity index (χ2v) is 4.43. The van der Waals surface area contributed by atoms with Crippen molar-refractivity contribution >= 4 is 10.8 Å². The Morgan fingerprint density at radius 1 is 0.611 bits per heavy atom. The number of rotatable bonds is 1. The summed E-state index contributed by atoms with van der Waals surface area (Å²) in [5.41, 5.74) is 3.86. The summed E-state index contributed by atoms with van der Waals surface area (Å²) >= 11 is 0. The van der Waals surface area contributed by atoms with Gasteiger partial charge in [0.25, 0.3) is 0 Å². The lowest BCUT2D eigenvalue weighted by atomic mass is 10.0. The van der Waals surface area contributed by atoms with Gasteiger partial charge in [-0.2, -0.15) is 0 Å². The first-order valence-corrected chi connectivity index (χ1v) is 5.89. The molecule has 0 spiro atoms. The van der Waals surface area contributed by atoms with Crippen molar-refractivity contribution in [2.75, 3.05) is 0 Å². The first kappa shape index (κ1) is 12.4. The van der Waals surface area contributed by atoms with E-state index in [0.717, 1.165) is 0 Å². The molecule has 0 N–H and O–H groups in total. The Morgan fingerprint density at radius 3 is 2.06 bits per heavy atom. The molecule has 0 amide bonds. The molecular weight excluding hydrogens is 216 g/mol. The van der Waals surface area contributed by atoms with Gasteiger partial charge in [0.2, 0.25) is 0 Å². The van der Waals surface area contributed by atoms with E-state index in [9.17, 15) is 0 Å². The zero-order valence-corrected chi connectivity index (χ0v) is 9.85. The van der Waals surface area contributed by atoms with Crippen molar-refractivity contribution in [3.63, 3.8) is 0 Å². The maximum Gasteiger partial charge on any atom is -0.0178 e. The summed E-state index contributed by atoms with van der Waals surface area (Å²) in [6.07, 6.45) is 0. The summed E-state index contributed by atoms with van der Waals surface area (Å²) in [5.74, 6) is 0. The van der Waals surface area contributed by atoms with Gasteiger partial charge in [0.05, 0.1) is 0 Å². The fourth-order valence-electron chi connectivity index (χ4n) is 2.18. The SMILES string of the molecule is C.Cc1ccc2cc(-c3ccccc3)ccc2c1. The number of hydrogen-bond acceptors (Lipinski definition) is 0. The van der Waals surface area contributed by atoms with Crippen LogP contribution in [0.1, 0.15) is 13.0 Å². The van der Waals surface area contributed by atoms with E-state index in [1.165, 1.54) is 27.5 Å².